The normalized spacial score (nSPS) is 17.0. The predicted octanol–water partition coefficient (Wildman–Crippen LogP) is 3.19. The summed E-state index contributed by atoms with van der Waals surface area (Å²) in [6.45, 7) is 2.68. The number of methoxy groups -OCH3 is 1. The van der Waals surface area contributed by atoms with Crippen LogP contribution in [0, 0.1) is 5.92 Å². The lowest BCUT2D eigenvalue weighted by atomic mass is 9.89. The number of anilines is 1. The lowest BCUT2D eigenvalue weighted by Gasteiger charge is -2.23. The summed E-state index contributed by atoms with van der Waals surface area (Å²) >= 11 is 0. The summed E-state index contributed by atoms with van der Waals surface area (Å²) in [5.74, 6) is 1.46. The first-order valence-electron chi connectivity index (χ1n) is 7.88. The predicted molar refractivity (Wildman–Crippen MR) is 85.7 cm³/mol. The van der Waals surface area contributed by atoms with Crippen molar-refractivity contribution in [3.8, 4) is 5.75 Å². The second kappa shape index (κ2) is 7.91. The molecule has 0 saturated heterocycles. The number of ether oxygens (including phenoxy) is 1. The second-order valence-corrected chi connectivity index (χ2v) is 5.82. The number of benzene rings is 1. The van der Waals surface area contributed by atoms with E-state index in [0.29, 0.717) is 5.92 Å². The maximum Gasteiger partial charge on any atom is 0.242 e. The van der Waals surface area contributed by atoms with Gasteiger partial charge in [-0.3, -0.25) is 4.79 Å². The highest BCUT2D eigenvalue weighted by atomic mass is 16.5. The Hall–Kier alpha value is -1.71. The van der Waals surface area contributed by atoms with Crippen molar-refractivity contribution in [3.05, 3.63) is 24.3 Å². The van der Waals surface area contributed by atoms with Gasteiger partial charge in [-0.15, -0.1) is 0 Å². The molecule has 0 radical (unpaired) electrons. The number of hydrogen-bond donors (Lipinski definition) is 2. The summed E-state index contributed by atoms with van der Waals surface area (Å²) in [7, 11) is 1.63. The molecule has 4 nitrogen and oxygen atoms in total. The second-order valence-electron chi connectivity index (χ2n) is 5.82. The zero-order valence-corrected chi connectivity index (χ0v) is 13.0. The van der Waals surface area contributed by atoms with Gasteiger partial charge in [0.25, 0.3) is 0 Å². The van der Waals surface area contributed by atoms with Crippen LogP contribution in [0.3, 0.4) is 0 Å². The van der Waals surface area contributed by atoms with Gasteiger partial charge < -0.3 is 15.4 Å². The van der Waals surface area contributed by atoms with Crippen LogP contribution < -0.4 is 15.4 Å². The van der Waals surface area contributed by atoms with Crippen molar-refractivity contribution in [3.63, 3.8) is 0 Å². The molecule has 21 heavy (non-hydrogen) atoms. The van der Waals surface area contributed by atoms with Crippen molar-refractivity contribution >= 4 is 11.6 Å². The van der Waals surface area contributed by atoms with Gasteiger partial charge in [0.15, 0.2) is 0 Å². The summed E-state index contributed by atoms with van der Waals surface area (Å²) in [6, 6.07) is 7.37. The lowest BCUT2D eigenvalue weighted by molar-refractivity contribution is -0.121. The number of para-hydroxylation sites is 2. The first-order chi connectivity index (χ1) is 10.2. The summed E-state index contributed by atoms with van der Waals surface area (Å²) < 4.78 is 5.29. The highest BCUT2D eigenvalue weighted by molar-refractivity contribution is 5.84. The van der Waals surface area contributed by atoms with E-state index in [4.69, 9.17) is 4.74 Å². The molecule has 1 aliphatic rings. The number of amides is 1. The van der Waals surface area contributed by atoms with Crippen LogP contribution in [0.25, 0.3) is 0 Å². The van der Waals surface area contributed by atoms with Crippen LogP contribution in [0.4, 0.5) is 5.69 Å². The average Bonchev–Trinajstić information content (AvgIpc) is 2.54. The summed E-state index contributed by atoms with van der Waals surface area (Å²) in [6.07, 6.45) is 6.44. The van der Waals surface area contributed by atoms with E-state index in [2.05, 4.69) is 10.6 Å². The van der Waals surface area contributed by atoms with Gasteiger partial charge in [0.1, 0.15) is 11.8 Å². The van der Waals surface area contributed by atoms with Gasteiger partial charge in [-0.1, -0.05) is 31.4 Å². The number of hydrogen-bond acceptors (Lipinski definition) is 3. The Morgan fingerprint density at radius 2 is 2.00 bits per heavy atom. The van der Waals surface area contributed by atoms with Crippen molar-refractivity contribution in [2.24, 2.45) is 5.92 Å². The topological polar surface area (TPSA) is 50.4 Å². The van der Waals surface area contributed by atoms with Crippen LogP contribution in [-0.2, 0) is 4.79 Å². The third-order valence-corrected chi connectivity index (χ3v) is 4.16. The van der Waals surface area contributed by atoms with E-state index in [1.54, 1.807) is 7.11 Å². The van der Waals surface area contributed by atoms with Crippen LogP contribution >= 0.6 is 0 Å². The molecule has 0 heterocycles. The Bertz CT molecular complexity index is 456. The molecule has 2 rings (SSSR count). The smallest absolute Gasteiger partial charge is 0.242 e. The van der Waals surface area contributed by atoms with Crippen molar-refractivity contribution in [1.82, 2.24) is 5.32 Å². The molecule has 1 atom stereocenters. The van der Waals surface area contributed by atoms with E-state index in [-0.39, 0.29) is 11.9 Å². The highest BCUT2D eigenvalue weighted by Gasteiger charge is 2.17. The van der Waals surface area contributed by atoms with Crippen molar-refractivity contribution in [1.29, 1.82) is 0 Å². The summed E-state index contributed by atoms with van der Waals surface area (Å²) in [5, 5.41) is 6.28. The van der Waals surface area contributed by atoms with Crippen LogP contribution in [0.1, 0.15) is 39.0 Å². The maximum absolute atomic E-state index is 12.2. The van der Waals surface area contributed by atoms with Crippen molar-refractivity contribution in [2.45, 2.75) is 45.1 Å². The van der Waals surface area contributed by atoms with Crippen LogP contribution in [0.15, 0.2) is 24.3 Å². The Balaban J connectivity index is 1.81. The number of rotatable bonds is 6. The van der Waals surface area contributed by atoms with E-state index in [1.807, 2.05) is 31.2 Å². The molecule has 0 aromatic heterocycles. The quantitative estimate of drug-likeness (QED) is 0.846. The highest BCUT2D eigenvalue weighted by Crippen LogP contribution is 2.24. The van der Waals surface area contributed by atoms with Crippen LogP contribution in [0.2, 0.25) is 0 Å². The summed E-state index contributed by atoms with van der Waals surface area (Å²) in [4.78, 5) is 12.2. The molecule has 4 heteroatoms. The van der Waals surface area contributed by atoms with Gasteiger partial charge in [-0.05, 0) is 37.8 Å². The number of carbonyl (C=O) groups excluding carboxylic acids is 1. The minimum atomic E-state index is -0.273. The minimum absolute atomic E-state index is 0.0477. The van der Waals surface area contributed by atoms with Crippen LogP contribution in [-0.4, -0.2) is 25.6 Å². The first-order valence-corrected chi connectivity index (χ1v) is 7.88. The Morgan fingerprint density at radius 3 is 2.71 bits per heavy atom. The van der Waals surface area contributed by atoms with E-state index >= 15 is 0 Å². The lowest BCUT2D eigenvalue weighted by Crippen LogP contribution is -2.40. The third kappa shape index (κ3) is 4.66. The third-order valence-electron chi connectivity index (χ3n) is 4.16. The van der Waals surface area contributed by atoms with E-state index in [0.717, 1.165) is 18.0 Å². The molecule has 0 bridgehead atoms. The van der Waals surface area contributed by atoms with E-state index < -0.39 is 0 Å². The SMILES string of the molecule is COc1ccccc1NC(C)C(=O)NCC1CCCCC1. The number of nitrogens with one attached hydrogen (secondary N) is 2. The molecule has 1 fully saturated rings. The average molecular weight is 290 g/mol. The minimum Gasteiger partial charge on any atom is -0.495 e. The molecule has 1 aromatic carbocycles. The first kappa shape index (κ1) is 15.7. The fourth-order valence-electron chi connectivity index (χ4n) is 2.85. The van der Waals surface area contributed by atoms with Gasteiger partial charge in [0.2, 0.25) is 5.91 Å². The molecule has 2 N–H and O–H groups in total. The number of carbonyl (C=O) groups is 1. The standard InChI is InChI=1S/C17H26N2O2/c1-13(19-15-10-6-7-11-16(15)21-2)17(20)18-12-14-8-4-3-5-9-14/h6-7,10-11,13-14,19H,3-5,8-9,12H2,1-2H3,(H,18,20). The Labute approximate surface area is 127 Å². The molecule has 0 aliphatic heterocycles. The zero-order valence-electron chi connectivity index (χ0n) is 13.0. The fraction of sp³-hybridized carbons (Fsp3) is 0.588. The fourth-order valence-corrected chi connectivity index (χ4v) is 2.85. The molecule has 1 aliphatic carbocycles. The summed E-state index contributed by atoms with van der Waals surface area (Å²) in [5.41, 5.74) is 0.848. The zero-order chi connectivity index (χ0) is 15.1. The molecule has 0 spiro atoms. The molecular weight excluding hydrogens is 264 g/mol. The molecule has 1 amide bonds. The van der Waals surface area contributed by atoms with Gasteiger partial charge >= 0.3 is 0 Å². The van der Waals surface area contributed by atoms with Gasteiger partial charge in [0.05, 0.1) is 12.8 Å². The van der Waals surface area contributed by atoms with Crippen molar-refractivity contribution in [2.75, 3.05) is 19.0 Å². The van der Waals surface area contributed by atoms with Gasteiger partial charge in [-0.25, -0.2) is 0 Å². The Kier molecular flexibility index (Phi) is 5.90. The van der Waals surface area contributed by atoms with Gasteiger partial charge in [-0.2, -0.15) is 0 Å². The molecule has 116 valence electrons. The molecular formula is C17H26N2O2. The molecule has 1 unspecified atom stereocenters. The largest absolute Gasteiger partial charge is 0.495 e. The molecule has 1 aromatic rings. The monoisotopic (exact) mass is 290 g/mol. The Morgan fingerprint density at radius 1 is 1.29 bits per heavy atom. The van der Waals surface area contributed by atoms with Crippen LogP contribution in [0.5, 0.6) is 5.75 Å². The van der Waals surface area contributed by atoms with E-state index in [1.165, 1.54) is 32.1 Å². The maximum atomic E-state index is 12.2. The van der Waals surface area contributed by atoms with Gasteiger partial charge in [0, 0.05) is 6.54 Å². The van der Waals surface area contributed by atoms with E-state index in [9.17, 15) is 4.79 Å². The van der Waals surface area contributed by atoms with Crippen molar-refractivity contribution < 1.29 is 9.53 Å². The molecule has 1 saturated carbocycles.